The van der Waals surface area contributed by atoms with Crippen LogP contribution in [0.4, 0.5) is 0 Å². The van der Waals surface area contributed by atoms with Crippen molar-refractivity contribution in [3.63, 3.8) is 0 Å². The van der Waals surface area contributed by atoms with Gasteiger partial charge in [-0.05, 0) is 48.5 Å². The van der Waals surface area contributed by atoms with E-state index >= 15 is 0 Å². The number of allylic oxidation sites excluding steroid dienone is 1. The molecule has 3 aromatic rings. The summed E-state index contributed by atoms with van der Waals surface area (Å²) in [5.41, 5.74) is 1.17. The number of hydrogen-bond donors (Lipinski definition) is 0. The Morgan fingerprint density at radius 1 is 0.967 bits per heavy atom. The number of Topliss-reactive ketones (excluding diaryl/α,β-unsaturated/α-hetero) is 1. The average Bonchev–Trinajstić information content (AvgIpc) is 3.05. The highest BCUT2D eigenvalue weighted by molar-refractivity contribution is 6.37. The lowest BCUT2D eigenvalue weighted by Crippen LogP contribution is -2.08. The van der Waals surface area contributed by atoms with Crippen LogP contribution in [-0.2, 0) is 0 Å². The van der Waals surface area contributed by atoms with E-state index in [1.54, 1.807) is 48.5 Å². The van der Waals surface area contributed by atoms with E-state index in [0.29, 0.717) is 32.5 Å². The number of ether oxygens (including phenoxy) is 3. The highest BCUT2D eigenvalue weighted by Gasteiger charge is 2.28. The molecule has 0 spiro atoms. The molecule has 3 aromatic carbocycles. The maximum atomic E-state index is 12.6. The molecule has 5 nitrogen and oxygen atoms in total. The quantitative estimate of drug-likeness (QED) is 0.289. The lowest BCUT2D eigenvalue weighted by molar-refractivity contribution is 0.0734. The number of fused-ring (bicyclic) bond motifs is 1. The zero-order valence-electron chi connectivity index (χ0n) is 15.6. The van der Waals surface area contributed by atoms with E-state index in [1.165, 1.54) is 25.3 Å². The van der Waals surface area contributed by atoms with Crippen molar-refractivity contribution in [1.29, 1.82) is 0 Å². The van der Waals surface area contributed by atoms with Crippen molar-refractivity contribution in [2.75, 3.05) is 7.11 Å². The van der Waals surface area contributed by atoms with Gasteiger partial charge in [-0.2, -0.15) is 0 Å². The Bertz CT molecular complexity index is 1180. The predicted octanol–water partition coefficient (Wildman–Crippen LogP) is 5.84. The predicted molar refractivity (Wildman–Crippen MR) is 114 cm³/mol. The zero-order chi connectivity index (χ0) is 21.3. The maximum absolute atomic E-state index is 12.6. The number of halogens is 2. The van der Waals surface area contributed by atoms with Gasteiger partial charge in [-0.25, -0.2) is 4.79 Å². The maximum Gasteiger partial charge on any atom is 0.343 e. The van der Waals surface area contributed by atoms with Crippen molar-refractivity contribution >= 4 is 41.0 Å². The summed E-state index contributed by atoms with van der Waals surface area (Å²) in [4.78, 5) is 25.0. The highest BCUT2D eigenvalue weighted by Crippen LogP contribution is 2.36. The highest BCUT2D eigenvalue weighted by atomic mass is 35.5. The van der Waals surface area contributed by atoms with Crippen LogP contribution in [0.1, 0.15) is 26.3 Å². The van der Waals surface area contributed by atoms with Crippen LogP contribution < -0.4 is 14.2 Å². The Morgan fingerprint density at radius 2 is 1.70 bits per heavy atom. The van der Waals surface area contributed by atoms with Crippen molar-refractivity contribution in [1.82, 2.24) is 0 Å². The standard InChI is InChI=1S/C23H14Cl2O5/c1-28-14-5-2-4-13(10-14)23(27)29-15-8-9-16-20(11-15)30-21(22(16)26)12-17-18(24)6-3-7-19(17)25/h2-12H,1H3/b21-12-. The number of hydrogen-bond acceptors (Lipinski definition) is 5. The monoisotopic (exact) mass is 440 g/mol. The summed E-state index contributed by atoms with van der Waals surface area (Å²) in [6.45, 7) is 0. The van der Waals surface area contributed by atoms with Gasteiger partial charge in [0.1, 0.15) is 17.2 Å². The third-order valence-corrected chi connectivity index (χ3v) is 5.09. The van der Waals surface area contributed by atoms with Gasteiger partial charge in [-0.15, -0.1) is 0 Å². The molecule has 0 amide bonds. The minimum atomic E-state index is -0.559. The molecule has 0 atom stereocenters. The molecule has 7 heteroatoms. The first-order chi connectivity index (χ1) is 14.5. The van der Waals surface area contributed by atoms with Gasteiger partial charge in [0.25, 0.3) is 0 Å². The van der Waals surface area contributed by atoms with Crippen molar-refractivity contribution in [3.05, 3.63) is 93.2 Å². The molecule has 1 heterocycles. The number of rotatable bonds is 4. The second-order valence-corrected chi connectivity index (χ2v) is 7.17. The summed E-state index contributed by atoms with van der Waals surface area (Å²) in [5.74, 6) is 0.275. The third-order valence-electron chi connectivity index (χ3n) is 4.43. The van der Waals surface area contributed by atoms with E-state index in [1.807, 2.05) is 0 Å². The van der Waals surface area contributed by atoms with Gasteiger partial charge < -0.3 is 14.2 Å². The largest absolute Gasteiger partial charge is 0.497 e. The van der Waals surface area contributed by atoms with Crippen LogP contribution in [0, 0.1) is 0 Å². The Hall–Kier alpha value is -3.28. The molecular weight excluding hydrogens is 427 g/mol. The first-order valence-electron chi connectivity index (χ1n) is 8.85. The average molecular weight is 441 g/mol. The Kier molecular flexibility index (Phi) is 5.48. The van der Waals surface area contributed by atoms with Crippen LogP contribution in [-0.4, -0.2) is 18.9 Å². The Morgan fingerprint density at radius 3 is 2.43 bits per heavy atom. The van der Waals surface area contributed by atoms with E-state index in [-0.39, 0.29) is 23.0 Å². The molecule has 0 radical (unpaired) electrons. The fraction of sp³-hybridized carbons (Fsp3) is 0.0435. The summed E-state index contributed by atoms with van der Waals surface area (Å²) in [7, 11) is 1.51. The molecule has 0 saturated carbocycles. The molecule has 150 valence electrons. The Balaban J connectivity index is 1.58. The molecule has 0 aromatic heterocycles. The minimum Gasteiger partial charge on any atom is -0.497 e. The van der Waals surface area contributed by atoms with E-state index in [4.69, 9.17) is 37.4 Å². The molecule has 1 aliphatic heterocycles. The molecule has 0 unspecified atom stereocenters. The van der Waals surface area contributed by atoms with Crippen molar-refractivity contribution in [3.8, 4) is 17.2 Å². The first kappa shape index (κ1) is 20.0. The molecule has 4 rings (SSSR count). The van der Waals surface area contributed by atoms with E-state index in [9.17, 15) is 9.59 Å². The van der Waals surface area contributed by atoms with Gasteiger partial charge in [-0.1, -0.05) is 35.3 Å². The summed E-state index contributed by atoms with van der Waals surface area (Å²) in [6, 6.07) is 16.2. The molecule has 0 N–H and O–H groups in total. The lowest BCUT2D eigenvalue weighted by atomic mass is 10.1. The molecule has 0 aliphatic carbocycles. The lowest BCUT2D eigenvalue weighted by Gasteiger charge is -2.07. The van der Waals surface area contributed by atoms with Gasteiger partial charge >= 0.3 is 5.97 Å². The molecule has 30 heavy (non-hydrogen) atoms. The van der Waals surface area contributed by atoms with Crippen molar-refractivity contribution in [2.24, 2.45) is 0 Å². The van der Waals surface area contributed by atoms with Crippen LogP contribution in [0.3, 0.4) is 0 Å². The summed E-state index contributed by atoms with van der Waals surface area (Å²) < 4.78 is 16.2. The van der Waals surface area contributed by atoms with Gasteiger partial charge in [-0.3, -0.25) is 4.79 Å². The van der Waals surface area contributed by atoms with Crippen molar-refractivity contribution < 1.29 is 23.8 Å². The topological polar surface area (TPSA) is 61.8 Å². The molecule has 0 bridgehead atoms. The first-order valence-corrected chi connectivity index (χ1v) is 9.60. The smallest absolute Gasteiger partial charge is 0.343 e. The second kappa shape index (κ2) is 8.22. The SMILES string of the molecule is COc1cccc(C(=O)Oc2ccc3c(c2)O/C(=C\c2c(Cl)cccc2Cl)C3=O)c1. The fourth-order valence-electron chi connectivity index (χ4n) is 2.93. The number of carbonyl (C=O) groups excluding carboxylic acids is 2. The van der Waals surface area contributed by atoms with E-state index in [0.717, 1.165) is 0 Å². The van der Waals surface area contributed by atoms with Crippen LogP contribution in [0.15, 0.2) is 66.4 Å². The van der Waals surface area contributed by atoms with Crippen LogP contribution in [0.25, 0.3) is 6.08 Å². The van der Waals surface area contributed by atoms with E-state index < -0.39 is 5.97 Å². The molecule has 0 saturated heterocycles. The summed E-state index contributed by atoms with van der Waals surface area (Å²) >= 11 is 12.3. The molecular formula is C23H14Cl2O5. The number of carbonyl (C=O) groups is 2. The van der Waals surface area contributed by atoms with Gasteiger partial charge in [0, 0.05) is 21.7 Å². The van der Waals surface area contributed by atoms with E-state index in [2.05, 4.69) is 0 Å². The zero-order valence-corrected chi connectivity index (χ0v) is 17.2. The van der Waals surface area contributed by atoms with Gasteiger partial charge in [0.2, 0.25) is 5.78 Å². The fourth-order valence-corrected chi connectivity index (χ4v) is 3.43. The number of methoxy groups -OCH3 is 1. The van der Waals surface area contributed by atoms with Crippen LogP contribution in [0.5, 0.6) is 17.2 Å². The number of ketones is 1. The molecule has 1 aliphatic rings. The number of esters is 1. The number of benzene rings is 3. The van der Waals surface area contributed by atoms with Gasteiger partial charge in [0.15, 0.2) is 5.76 Å². The van der Waals surface area contributed by atoms with Crippen LogP contribution >= 0.6 is 23.2 Å². The van der Waals surface area contributed by atoms with Crippen LogP contribution in [0.2, 0.25) is 10.0 Å². The van der Waals surface area contributed by atoms with Crippen molar-refractivity contribution in [2.45, 2.75) is 0 Å². The minimum absolute atomic E-state index is 0.0799. The molecule has 0 fully saturated rings. The normalized spacial score (nSPS) is 13.7. The second-order valence-electron chi connectivity index (χ2n) is 6.35. The third kappa shape index (κ3) is 3.90. The van der Waals surface area contributed by atoms with Gasteiger partial charge in [0.05, 0.1) is 18.2 Å². The summed E-state index contributed by atoms with van der Waals surface area (Å²) in [5, 5.41) is 0.797. The summed E-state index contributed by atoms with van der Waals surface area (Å²) in [6.07, 6.45) is 1.49. The Labute approximate surface area is 182 Å².